The summed E-state index contributed by atoms with van der Waals surface area (Å²) in [7, 11) is 0. The molecule has 3 nitrogen and oxygen atoms in total. The van der Waals surface area contributed by atoms with E-state index in [0.717, 1.165) is 11.7 Å². The summed E-state index contributed by atoms with van der Waals surface area (Å²) in [5, 5.41) is 3.43. The summed E-state index contributed by atoms with van der Waals surface area (Å²) in [4.78, 5) is 4.20. The number of rotatable bonds is 7. The molecule has 1 N–H and O–H groups in total. The minimum absolute atomic E-state index is 0.294. The summed E-state index contributed by atoms with van der Waals surface area (Å²) in [5.74, 6) is 1.60. The summed E-state index contributed by atoms with van der Waals surface area (Å²) < 4.78 is 5.46. The topological polar surface area (TPSA) is 38.1 Å². The first-order chi connectivity index (χ1) is 9.69. The average molecular weight is 272 g/mol. The second-order valence-corrected chi connectivity index (χ2v) is 5.31. The molecule has 1 heterocycles. The van der Waals surface area contributed by atoms with E-state index in [2.05, 4.69) is 48.4 Å². The van der Waals surface area contributed by atoms with Gasteiger partial charge in [-0.15, -0.1) is 0 Å². The molecule has 0 bridgehead atoms. The van der Waals surface area contributed by atoms with Gasteiger partial charge >= 0.3 is 0 Å². The molecule has 0 saturated carbocycles. The third kappa shape index (κ3) is 4.20. The molecule has 2 aromatic rings. The van der Waals surface area contributed by atoms with E-state index >= 15 is 0 Å². The Kier molecular flexibility index (Phi) is 5.36. The SMILES string of the molecule is CCCCc1ccc(C(C)NCc2ncc(C)o2)cc1. The fourth-order valence-corrected chi connectivity index (χ4v) is 2.20. The van der Waals surface area contributed by atoms with Gasteiger partial charge in [0, 0.05) is 6.04 Å². The molecule has 2 rings (SSSR count). The van der Waals surface area contributed by atoms with Crippen LogP contribution in [0.15, 0.2) is 34.9 Å². The molecule has 1 aromatic heterocycles. The van der Waals surface area contributed by atoms with Crippen LogP contribution in [0.3, 0.4) is 0 Å². The van der Waals surface area contributed by atoms with Crippen molar-refractivity contribution >= 4 is 0 Å². The van der Waals surface area contributed by atoms with Gasteiger partial charge in [0.05, 0.1) is 12.7 Å². The molecule has 0 aliphatic rings. The monoisotopic (exact) mass is 272 g/mol. The number of oxazole rings is 1. The third-order valence-corrected chi connectivity index (χ3v) is 3.53. The lowest BCUT2D eigenvalue weighted by Gasteiger charge is -2.13. The number of nitrogens with zero attached hydrogens (tertiary/aromatic N) is 1. The fourth-order valence-electron chi connectivity index (χ4n) is 2.20. The van der Waals surface area contributed by atoms with Crippen molar-refractivity contribution in [3.8, 4) is 0 Å². The first-order valence-electron chi connectivity index (χ1n) is 7.42. The highest BCUT2D eigenvalue weighted by atomic mass is 16.4. The number of hydrogen-bond acceptors (Lipinski definition) is 3. The molecule has 1 unspecified atom stereocenters. The van der Waals surface area contributed by atoms with Gasteiger partial charge in [0.2, 0.25) is 5.89 Å². The van der Waals surface area contributed by atoms with E-state index in [1.165, 1.54) is 30.4 Å². The molecule has 20 heavy (non-hydrogen) atoms. The maximum absolute atomic E-state index is 5.46. The number of nitrogens with one attached hydrogen (secondary N) is 1. The predicted octanol–water partition coefficient (Wildman–Crippen LogP) is 4.18. The molecule has 1 aromatic carbocycles. The number of benzene rings is 1. The molecule has 0 radical (unpaired) electrons. The highest BCUT2D eigenvalue weighted by molar-refractivity contribution is 5.24. The van der Waals surface area contributed by atoms with Crippen molar-refractivity contribution in [1.29, 1.82) is 0 Å². The standard InChI is InChI=1S/C17H24N2O/c1-4-5-6-15-7-9-16(10-8-15)14(3)18-12-17-19-11-13(2)20-17/h7-11,14,18H,4-6,12H2,1-3H3. The fraction of sp³-hybridized carbons (Fsp3) is 0.471. The maximum Gasteiger partial charge on any atom is 0.208 e. The number of aromatic nitrogens is 1. The van der Waals surface area contributed by atoms with Crippen LogP contribution in [0.5, 0.6) is 0 Å². The Morgan fingerprint density at radius 3 is 2.60 bits per heavy atom. The average Bonchev–Trinajstić information content (AvgIpc) is 2.89. The van der Waals surface area contributed by atoms with Gasteiger partial charge in [0.1, 0.15) is 5.76 Å². The van der Waals surface area contributed by atoms with Crippen molar-refractivity contribution < 1.29 is 4.42 Å². The lowest BCUT2D eigenvalue weighted by atomic mass is 10.0. The highest BCUT2D eigenvalue weighted by Crippen LogP contribution is 2.15. The van der Waals surface area contributed by atoms with Gasteiger partial charge in [-0.05, 0) is 37.8 Å². The molecule has 0 aliphatic heterocycles. The number of hydrogen-bond donors (Lipinski definition) is 1. The normalized spacial score (nSPS) is 12.6. The Balaban J connectivity index is 1.86. The van der Waals surface area contributed by atoms with Crippen LogP contribution in [0.2, 0.25) is 0 Å². The van der Waals surface area contributed by atoms with E-state index in [1.54, 1.807) is 6.20 Å². The van der Waals surface area contributed by atoms with E-state index in [4.69, 9.17) is 4.42 Å². The Hall–Kier alpha value is -1.61. The van der Waals surface area contributed by atoms with Gasteiger partial charge in [-0.1, -0.05) is 37.6 Å². The van der Waals surface area contributed by atoms with Crippen LogP contribution in [-0.4, -0.2) is 4.98 Å². The lowest BCUT2D eigenvalue weighted by molar-refractivity contribution is 0.432. The highest BCUT2D eigenvalue weighted by Gasteiger charge is 2.07. The van der Waals surface area contributed by atoms with Gasteiger partial charge in [0.15, 0.2) is 0 Å². The quantitative estimate of drug-likeness (QED) is 0.821. The molecular formula is C17H24N2O. The Morgan fingerprint density at radius 1 is 1.25 bits per heavy atom. The Bertz CT molecular complexity index is 516. The van der Waals surface area contributed by atoms with E-state index in [-0.39, 0.29) is 0 Å². The van der Waals surface area contributed by atoms with E-state index in [1.807, 2.05) is 6.92 Å². The van der Waals surface area contributed by atoms with Crippen LogP contribution < -0.4 is 5.32 Å². The van der Waals surface area contributed by atoms with Crippen molar-refractivity contribution in [2.75, 3.05) is 0 Å². The maximum atomic E-state index is 5.46. The molecule has 0 aliphatic carbocycles. The van der Waals surface area contributed by atoms with Crippen LogP contribution in [0, 0.1) is 6.92 Å². The van der Waals surface area contributed by atoms with Crippen molar-refractivity contribution in [2.24, 2.45) is 0 Å². The summed E-state index contributed by atoms with van der Waals surface area (Å²) in [6, 6.07) is 9.19. The molecule has 3 heteroatoms. The zero-order valence-electron chi connectivity index (χ0n) is 12.6. The van der Waals surface area contributed by atoms with Gasteiger partial charge < -0.3 is 9.73 Å². The zero-order chi connectivity index (χ0) is 14.4. The van der Waals surface area contributed by atoms with Crippen LogP contribution in [-0.2, 0) is 13.0 Å². The van der Waals surface area contributed by atoms with E-state index < -0.39 is 0 Å². The van der Waals surface area contributed by atoms with Gasteiger partial charge in [0.25, 0.3) is 0 Å². The van der Waals surface area contributed by atoms with Crippen LogP contribution in [0.25, 0.3) is 0 Å². The summed E-state index contributed by atoms with van der Waals surface area (Å²) in [5.41, 5.74) is 2.72. The van der Waals surface area contributed by atoms with Crippen molar-refractivity contribution in [1.82, 2.24) is 10.3 Å². The molecule has 0 spiro atoms. The number of aryl methyl sites for hydroxylation is 2. The number of unbranched alkanes of at least 4 members (excludes halogenated alkanes) is 1. The molecule has 0 fully saturated rings. The molecule has 0 amide bonds. The van der Waals surface area contributed by atoms with Gasteiger partial charge in [-0.2, -0.15) is 0 Å². The molecular weight excluding hydrogens is 248 g/mol. The first-order valence-corrected chi connectivity index (χ1v) is 7.42. The summed E-state index contributed by atoms with van der Waals surface area (Å²) >= 11 is 0. The Morgan fingerprint density at radius 2 is 2.00 bits per heavy atom. The van der Waals surface area contributed by atoms with Crippen molar-refractivity contribution in [2.45, 2.75) is 52.6 Å². The summed E-state index contributed by atoms with van der Waals surface area (Å²) in [6.07, 6.45) is 5.43. The van der Waals surface area contributed by atoms with E-state index in [0.29, 0.717) is 12.6 Å². The van der Waals surface area contributed by atoms with Gasteiger partial charge in [-0.25, -0.2) is 4.98 Å². The first kappa shape index (κ1) is 14.8. The van der Waals surface area contributed by atoms with Gasteiger partial charge in [-0.3, -0.25) is 0 Å². The van der Waals surface area contributed by atoms with Crippen molar-refractivity contribution in [3.63, 3.8) is 0 Å². The molecule has 0 saturated heterocycles. The van der Waals surface area contributed by atoms with Crippen molar-refractivity contribution in [3.05, 3.63) is 53.2 Å². The predicted molar refractivity (Wildman–Crippen MR) is 81.5 cm³/mol. The largest absolute Gasteiger partial charge is 0.445 e. The van der Waals surface area contributed by atoms with Crippen LogP contribution in [0.4, 0.5) is 0 Å². The second-order valence-electron chi connectivity index (χ2n) is 5.31. The summed E-state index contributed by atoms with van der Waals surface area (Å²) in [6.45, 7) is 6.96. The van der Waals surface area contributed by atoms with E-state index in [9.17, 15) is 0 Å². The minimum atomic E-state index is 0.294. The Labute approximate surface area is 121 Å². The van der Waals surface area contributed by atoms with Crippen LogP contribution >= 0.6 is 0 Å². The molecule has 108 valence electrons. The second kappa shape index (κ2) is 7.25. The smallest absolute Gasteiger partial charge is 0.208 e. The zero-order valence-corrected chi connectivity index (χ0v) is 12.6. The molecule has 1 atom stereocenters. The lowest BCUT2D eigenvalue weighted by Crippen LogP contribution is -2.18. The third-order valence-electron chi connectivity index (χ3n) is 3.53. The van der Waals surface area contributed by atoms with Crippen LogP contribution in [0.1, 0.15) is 55.5 Å². The minimum Gasteiger partial charge on any atom is -0.445 e.